The van der Waals surface area contributed by atoms with Gasteiger partial charge in [-0.25, -0.2) is 14.2 Å². The highest BCUT2D eigenvalue weighted by atomic mass is 19.1. The number of hydrogen-bond donors (Lipinski definition) is 2. The van der Waals surface area contributed by atoms with E-state index >= 15 is 0 Å². The van der Waals surface area contributed by atoms with E-state index in [0.717, 1.165) is 12.3 Å². The molecule has 1 aromatic rings. The number of aromatic nitrogens is 1. The monoisotopic (exact) mass is 281 g/mol. The van der Waals surface area contributed by atoms with Crippen molar-refractivity contribution in [2.24, 2.45) is 0 Å². The van der Waals surface area contributed by atoms with Crippen LogP contribution in [0.3, 0.4) is 0 Å². The Kier molecular flexibility index (Phi) is 3.16. The first kappa shape index (κ1) is 13.9. The van der Waals surface area contributed by atoms with Gasteiger partial charge in [-0.15, -0.1) is 0 Å². The van der Waals surface area contributed by atoms with Gasteiger partial charge in [0.05, 0.1) is 12.7 Å². The number of piperazine rings is 1. The van der Waals surface area contributed by atoms with Crippen molar-refractivity contribution in [2.45, 2.75) is 19.4 Å². The number of nitrogens with one attached hydrogen (secondary N) is 1. The van der Waals surface area contributed by atoms with Crippen molar-refractivity contribution in [3.8, 4) is 0 Å². The number of hydrogen-bond acceptors (Lipinski definition) is 5. The van der Waals surface area contributed by atoms with E-state index < -0.39 is 34.7 Å². The predicted octanol–water partition coefficient (Wildman–Crippen LogP) is 0.160. The van der Waals surface area contributed by atoms with Gasteiger partial charge in [-0.1, -0.05) is 0 Å². The molecular formula is C12H12FN3O4. The Morgan fingerprint density at radius 2 is 2.15 bits per heavy atom. The molecule has 0 radical (unpaired) electrons. The highest BCUT2D eigenvalue weighted by molar-refractivity contribution is 6.07. The van der Waals surface area contributed by atoms with Crippen molar-refractivity contribution in [1.82, 2.24) is 10.3 Å². The second-order valence-corrected chi connectivity index (χ2v) is 4.85. The largest absolute Gasteiger partial charge is 0.478 e. The molecule has 1 fully saturated rings. The van der Waals surface area contributed by atoms with Gasteiger partial charge in [-0.05, 0) is 19.9 Å². The third kappa shape index (κ3) is 2.20. The number of aromatic carboxylic acids is 1. The minimum absolute atomic E-state index is 0.118. The molecule has 0 saturated carbocycles. The van der Waals surface area contributed by atoms with Gasteiger partial charge >= 0.3 is 5.97 Å². The van der Waals surface area contributed by atoms with E-state index in [9.17, 15) is 18.8 Å². The number of rotatable bonds is 2. The number of anilines is 1. The molecule has 0 atom stereocenters. The second-order valence-electron chi connectivity index (χ2n) is 4.85. The van der Waals surface area contributed by atoms with Crippen LogP contribution in [-0.4, -0.2) is 40.0 Å². The van der Waals surface area contributed by atoms with Crippen LogP contribution in [0.15, 0.2) is 12.3 Å². The molecule has 2 rings (SSSR count). The van der Waals surface area contributed by atoms with Gasteiger partial charge in [-0.3, -0.25) is 14.9 Å². The summed E-state index contributed by atoms with van der Waals surface area (Å²) in [6.07, 6.45) is 0.842. The van der Waals surface area contributed by atoms with Gasteiger partial charge in [0.2, 0.25) is 5.91 Å². The van der Waals surface area contributed by atoms with Crippen LogP contribution in [-0.2, 0) is 9.59 Å². The molecule has 8 heteroatoms. The maximum Gasteiger partial charge on any atom is 0.339 e. The van der Waals surface area contributed by atoms with Crippen molar-refractivity contribution in [3.63, 3.8) is 0 Å². The molecule has 20 heavy (non-hydrogen) atoms. The van der Waals surface area contributed by atoms with Crippen molar-refractivity contribution in [1.29, 1.82) is 0 Å². The molecule has 1 saturated heterocycles. The highest BCUT2D eigenvalue weighted by Gasteiger charge is 2.43. The summed E-state index contributed by atoms with van der Waals surface area (Å²) in [5.74, 6) is -3.46. The number of nitrogens with zero attached hydrogens (tertiary/aromatic N) is 2. The number of carboxylic acids is 1. The second kappa shape index (κ2) is 4.55. The number of amides is 2. The number of carboxylic acid groups (broad SMARTS) is 1. The highest BCUT2D eigenvalue weighted by Crippen LogP contribution is 2.28. The molecular weight excluding hydrogens is 269 g/mol. The zero-order valence-corrected chi connectivity index (χ0v) is 10.8. The lowest BCUT2D eigenvalue weighted by Crippen LogP contribution is -2.64. The molecule has 0 aromatic carbocycles. The minimum atomic E-state index is -1.39. The summed E-state index contributed by atoms with van der Waals surface area (Å²) in [4.78, 5) is 39.4. The number of imide groups is 1. The quantitative estimate of drug-likeness (QED) is 0.749. The van der Waals surface area contributed by atoms with E-state index in [1.165, 1.54) is 18.7 Å². The van der Waals surface area contributed by atoms with Crippen LogP contribution in [0.5, 0.6) is 0 Å². The average molecular weight is 281 g/mol. The van der Waals surface area contributed by atoms with Crippen molar-refractivity contribution < 1.29 is 23.9 Å². The molecule has 0 bridgehead atoms. The van der Waals surface area contributed by atoms with E-state index in [1.807, 2.05) is 0 Å². The van der Waals surface area contributed by atoms with E-state index in [-0.39, 0.29) is 12.4 Å². The molecule has 0 unspecified atom stereocenters. The standard InChI is InChI=1S/C12H12FN3O4/c1-12(2)11(20)15-8(17)5-16(12)9-7(10(18)19)3-6(13)4-14-9/h3-4H,5H2,1-2H3,(H,18,19)(H,15,17,20). The summed E-state index contributed by atoms with van der Waals surface area (Å²) in [5, 5.41) is 11.3. The van der Waals surface area contributed by atoms with Crippen LogP contribution in [0.2, 0.25) is 0 Å². The van der Waals surface area contributed by atoms with Crippen molar-refractivity contribution >= 4 is 23.6 Å². The van der Waals surface area contributed by atoms with E-state index in [0.29, 0.717) is 0 Å². The number of carbonyl (C=O) groups excluding carboxylic acids is 2. The summed E-state index contributed by atoms with van der Waals surface area (Å²) < 4.78 is 13.1. The van der Waals surface area contributed by atoms with Crippen molar-refractivity contribution in [3.05, 3.63) is 23.6 Å². The predicted molar refractivity (Wildman–Crippen MR) is 65.7 cm³/mol. The number of halogens is 1. The van der Waals surface area contributed by atoms with E-state index in [1.54, 1.807) is 0 Å². The van der Waals surface area contributed by atoms with Crippen LogP contribution in [0.4, 0.5) is 10.2 Å². The van der Waals surface area contributed by atoms with Gasteiger partial charge in [0.15, 0.2) is 0 Å². The fourth-order valence-corrected chi connectivity index (χ4v) is 1.93. The Hall–Kier alpha value is -2.51. The summed E-state index contributed by atoms with van der Waals surface area (Å²) in [5.41, 5.74) is -1.58. The van der Waals surface area contributed by atoms with Gasteiger partial charge in [0.25, 0.3) is 5.91 Å². The molecule has 2 amide bonds. The molecule has 7 nitrogen and oxygen atoms in total. The average Bonchev–Trinajstić information content (AvgIpc) is 2.34. The fraction of sp³-hybridized carbons (Fsp3) is 0.333. The van der Waals surface area contributed by atoms with Gasteiger partial charge in [0, 0.05) is 0 Å². The fourth-order valence-electron chi connectivity index (χ4n) is 1.93. The smallest absolute Gasteiger partial charge is 0.339 e. The first-order chi connectivity index (χ1) is 9.23. The normalized spacial score (nSPS) is 17.9. The molecule has 1 aromatic heterocycles. The third-order valence-electron chi connectivity index (χ3n) is 3.10. The summed E-state index contributed by atoms with van der Waals surface area (Å²) >= 11 is 0. The molecule has 2 N–H and O–H groups in total. The van der Waals surface area contributed by atoms with Gasteiger partial charge in [0.1, 0.15) is 22.7 Å². The van der Waals surface area contributed by atoms with Gasteiger partial charge < -0.3 is 10.0 Å². The molecule has 0 aliphatic carbocycles. The minimum Gasteiger partial charge on any atom is -0.478 e. The first-order valence-corrected chi connectivity index (χ1v) is 5.74. The Labute approximate surface area is 113 Å². The molecule has 0 spiro atoms. The zero-order valence-electron chi connectivity index (χ0n) is 10.8. The topological polar surface area (TPSA) is 99.6 Å². The molecule has 2 heterocycles. The lowest BCUT2D eigenvalue weighted by molar-refractivity contribution is -0.135. The zero-order chi connectivity index (χ0) is 15.1. The van der Waals surface area contributed by atoms with E-state index in [4.69, 9.17) is 5.11 Å². The maximum atomic E-state index is 13.1. The lowest BCUT2D eigenvalue weighted by Gasteiger charge is -2.41. The number of pyridine rings is 1. The summed E-state index contributed by atoms with van der Waals surface area (Å²) in [6, 6.07) is 0.803. The molecule has 106 valence electrons. The Morgan fingerprint density at radius 1 is 1.50 bits per heavy atom. The SMILES string of the molecule is CC1(C)C(=O)NC(=O)CN1c1ncc(F)cc1C(=O)O. The Balaban J connectivity index is 2.57. The first-order valence-electron chi connectivity index (χ1n) is 5.74. The third-order valence-corrected chi connectivity index (χ3v) is 3.10. The molecule has 1 aliphatic rings. The van der Waals surface area contributed by atoms with Crippen molar-refractivity contribution in [2.75, 3.05) is 11.4 Å². The maximum absolute atomic E-state index is 13.1. The van der Waals surface area contributed by atoms with Gasteiger partial charge in [-0.2, -0.15) is 0 Å². The van der Waals surface area contributed by atoms with Crippen LogP contribution < -0.4 is 10.2 Å². The number of carbonyl (C=O) groups is 3. The Bertz CT molecular complexity index is 615. The summed E-state index contributed by atoms with van der Waals surface area (Å²) in [7, 11) is 0. The summed E-state index contributed by atoms with van der Waals surface area (Å²) in [6.45, 7) is 2.80. The van der Waals surface area contributed by atoms with Crippen LogP contribution >= 0.6 is 0 Å². The Morgan fingerprint density at radius 3 is 2.75 bits per heavy atom. The van der Waals surface area contributed by atoms with Crippen LogP contribution in [0.1, 0.15) is 24.2 Å². The molecule has 1 aliphatic heterocycles. The van der Waals surface area contributed by atoms with E-state index in [2.05, 4.69) is 10.3 Å². The van der Waals surface area contributed by atoms with Crippen LogP contribution in [0, 0.1) is 5.82 Å². The van der Waals surface area contributed by atoms with Crippen LogP contribution in [0.25, 0.3) is 0 Å². The lowest BCUT2D eigenvalue weighted by atomic mass is 9.98.